The molecule has 0 aliphatic heterocycles. The second kappa shape index (κ2) is 4.00. The van der Waals surface area contributed by atoms with Gasteiger partial charge in [0.25, 0.3) is 0 Å². The Bertz CT molecular complexity index is 234. The third-order valence-corrected chi connectivity index (χ3v) is 2.28. The lowest BCUT2D eigenvalue weighted by molar-refractivity contribution is -0.115. The van der Waals surface area contributed by atoms with Crippen molar-refractivity contribution >= 4 is 5.78 Å². The minimum Gasteiger partial charge on any atom is -0.387 e. The molecule has 3 unspecified atom stereocenters. The first-order valence-electron chi connectivity index (χ1n) is 4.16. The highest BCUT2D eigenvalue weighted by Crippen LogP contribution is 2.21. The van der Waals surface area contributed by atoms with Crippen LogP contribution in [0, 0.1) is 0 Å². The van der Waals surface area contributed by atoms with Gasteiger partial charge in [-0.25, -0.2) is 0 Å². The molecule has 0 fully saturated rings. The average Bonchev–Trinajstić information content (AvgIpc) is 2.09. The van der Waals surface area contributed by atoms with Gasteiger partial charge in [0.1, 0.15) is 12.2 Å². The molecule has 4 nitrogen and oxygen atoms in total. The standard InChI is InChI=1S/C9H14O4/c1-5(10)6-3-7(11)9(12)8(4-6)13-2/h3,7-9,11-12H,4H2,1-2H3. The zero-order valence-electron chi connectivity index (χ0n) is 7.73. The fourth-order valence-corrected chi connectivity index (χ4v) is 1.41. The van der Waals surface area contributed by atoms with Gasteiger partial charge >= 0.3 is 0 Å². The van der Waals surface area contributed by atoms with Crippen molar-refractivity contribution in [1.29, 1.82) is 0 Å². The number of hydrogen-bond acceptors (Lipinski definition) is 4. The van der Waals surface area contributed by atoms with Gasteiger partial charge in [-0.1, -0.05) is 0 Å². The van der Waals surface area contributed by atoms with Crippen LogP contribution < -0.4 is 0 Å². The van der Waals surface area contributed by atoms with E-state index in [0.717, 1.165) is 0 Å². The first-order chi connectivity index (χ1) is 6.06. The number of Topliss-reactive ketones (excluding diaryl/α,β-unsaturated/α-hetero) is 1. The molecule has 0 saturated heterocycles. The summed E-state index contributed by atoms with van der Waals surface area (Å²) in [5.74, 6) is -0.0898. The molecule has 74 valence electrons. The highest BCUT2D eigenvalue weighted by atomic mass is 16.5. The number of ether oxygens (including phenoxy) is 1. The summed E-state index contributed by atoms with van der Waals surface area (Å²) in [5, 5.41) is 18.7. The first kappa shape index (κ1) is 10.4. The van der Waals surface area contributed by atoms with Crippen molar-refractivity contribution in [1.82, 2.24) is 0 Å². The van der Waals surface area contributed by atoms with Crippen LogP contribution in [-0.2, 0) is 9.53 Å². The van der Waals surface area contributed by atoms with Crippen LogP contribution in [-0.4, -0.2) is 41.4 Å². The van der Waals surface area contributed by atoms with Gasteiger partial charge in [-0.05, 0) is 18.6 Å². The molecule has 1 aliphatic carbocycles. The number of rotatable bonds is 2. The van der Waals surface area contributed by atoms with Gasteiger partial charge in [0.15, 0.2) is 5.78 Å². The lowest BCUT2D eigenvalue weighted by Gasteiger charge is -2.29. The normalized spacial score (nSPS) is 34.2. The Kier molecular flexibility index (Phi) is 3.19. The number of aliphatic hydroxyl groups excluding tert-OH is 2. The lowest BCUT2D eigenvalue weighted by Crippen LogP contribution is -2.41. The van der Waals surface area contributed by atoms with E-state index in [2.05, 4.69) is 0 Å². The summed E-state index contributed by atoms with van der Waals surface area (Å²) in [6, 6.07) is 0. The van der Waals surface area contributed by atoms with Gasteiger partial charge in [-0.3, -0.25) is 4.79 Å². The van der Waals surface area contributed by atoms with Gasteiger partial charge < -0.3 is 14.9 Å². The summed E-state index contributed by atoms with van der Waals surface area (Å²) in [7, 11) is 1.45. The summed E-state index contributed by atoms with van der Waals surface area (Å²) >= 11 is 0. The number of ketones is 1. The molecule has 0 bridgehead atoms. The second-order valence-electron chi connectivity index (χ2n) is 3.21. The van der Waals surface area contributed by atoms with Crippen LogP contribution in [0.2, 0.25) is 0 Å². The van der Waals surface area contributed by atoms with E-state index >= 15 is 0 Å². The first-order valence-corrected chi connectivity index (χ1v) is 4.16. The molecular weight excluding hydrogens is 172 g/mol. The van der Waals surface area contributed by atoms with E-state index in [1.54, 1.807) is 0 Å². The molecule has 0 aromatic carbocycles. The Labute approximate surface area is 76.8 Å². The molecule has 3 atom stereocenters. The van der Waals surface area contributed by atoms with Crippen LogP contribution in [0.15, 0.2) is 11.6 Å². The summed E-state index contributed by atoms with van der Waals surface area (Å²) in [5.41, 5.74) is 0.518. The molecule has 0 amide bonds. The maximum Gasteiger partial charge on any atom is 0.155 e. The summed E-state index contributed by atoms with van der Waals surface area (Å²) < 4.78 is 4.95. The van der Waals surface area contributed by atoms with E-state index < -0.39 is 18.3 Å². The van der Waals surface area contributed by atoms with E-state index in [-0.39, 0.29) is 5.78 Å². The zero-order valence-corrected chi connectivity index (χ0v) is 7.73. The SMILES string of the molecule is COC1CC(C(C)=O)=CC(O)C1O. The molecular formula is C9H14O4. The predicted octanol–water partition coefficient (Wildman–Crippen LogP) is -0.358. The van der Waals surface area contributed by atoms with Gasteiger partial charge in [-0.2, -0.15) is 0 Å². The lowest BCUT2D eigenvalue weighted by atomic mass is 9.90. The summed E-state index contributed by atoms with van der Waals surface area (Å²) in [4.78, 5) is 11.0. The smallest absolute Gasteiger partial charge is 0.155 e. The molecule has 1 aliphatic rings. The summed E-state index contributed by atoms with van der Waals surface area (Å²) in [6.07, 6.45) is -0.670. The fraction of sp³-hybridized carbons (Fsp3) is 0.667. The van der Waals surface area contributed by atoms with Crippen LogP contribution in [0.3, 0.4) is 0 Å². The van der Waals surface area contributed by atoms with Crippen LogP contribution in [0.25, 0.3) is 0 Å². The van der Waals surface area contributed by atoms with Gasteiger partial charge in [0, 0.05) is 13.5 Å². The number of aliphatic hydroxyl groups is 2. The maximum atomic E-state index is 11.0. The highest BCUT2D eigenvalue weighted by Gasteiger charge is 2.31. The topological polar surface area (TPSA) is 66.8 Å². The molecule has 0 heterocycles. The van der Waals surface area contributed by atoms with Crippen molar-refractivity contribution in [3.8, 4) is 0 Å². The molecule has 0 radical (unpaired) electrons. The molecule has 0 saturated carbocycles. The Morgan fingerprint density at radius 3 is 2.69 bits per heavy atom. The minimum atomic E-state index is -1.00. The predicted molar refractivity (Wildman–Crippen MR) is 46.2 cm³/mol. The van der Waals surface area contributed by atoms with Crippen molar-refractivity contribution < 1.29 is 19.7 Å². The van der Waals surface area contributed by atoms with E-state index in [9.17, 15) is 15.0 Å². The Morgan fingerprint density at radius 2 is 2.23 bits per heavy atom. The average molecular weight is 186 g/mol. The fourth-order valence-electron chi connectivity index (χ4n) is 1.41. The largest absolute Gasteiger partial charge is 0.387 e. The van der Waals surface area contributed by atoms with E-state index in [4.69, 9.17) is 4.74 Å². The third-order valence-electron chi connectivity index (χ3n) is 2.28. The van der Waals surface area contributed by atoms with Crippen LogP contribution >= 0.6 is 0 Å². The molecule has 13 heavy (non-hydrogen) atoms. The van der Waals surface area contributed by atoms with Crippen LogP contribution in [0.5, 0.6) is 0 Å². The third kappa shape index (κ3) is 2.15. The van der Waals surface area contributed by atoms with Crippen molar-refractivity contribution in [3.63, 3.8) is 0 Å². The van der Waals surface area contributed by atoms with Crippen molar-refractivity contribution in [2.75, 3.05) is 7.11 Å². The van der Waals surface area contributed by atoms with E-state index in [0.29, 0.717) is 12.0 Å². The number of carbonyl (C=O) groups is 1. The monoisotopic (exact) mass is 186 g/mol. The zero-order chi connectivity index (χ0) is 10.0. The van der Waals surface area contributed by atoms with E-state index in [1.807, 2.05) is 0 Å². The van der Waals surface area contributed by atoms with Crippen molar-refractivity contribution in [3.05, 3.63) is 11.6 Å². The van der Waals surface area contributed by atoms with Gasteiger partial charge in [0.2, 0.25) is 0 Å². The maximum absolute atomic E-state index is 11.0. The van der Waals surface area contributed by atoms with Crippen LogP contribution in [0.4, 0.5) is 0 Å². The minimum absolute atomic E-state index is 0.0898. The quantitative estimate of drug-likeness (QED) is 0.618. The molecule has 0 aromatic heterocycles. The second-order valence-corrected chi connectivity index (χ2v) is 3.21. The molecule has 2 N–H and O–H groups in total. The molecule has 4 heteroatoms. The Morgan fingerprint density at radius 1 is 1.62 bits per heavy atom. The number of methoxy groups -OCH3 is 1. The van der Waals surface area contributed by atoms with E-state index in [1.165, 1.54) is 20.1 Å². The van der Waals surface area contributed by atoms with Gasteiger partial charge in [0.05, 0.1) is 6.10 Å². The molecule has 0 aromatic rings. The molecule has 1 rings (SSSR count). The number of carbonyl (C=O) groups excluding carboxylic acids is 1. The Balaban J connectivity index is 2.81. The summed E-state index contributed by atoms with van der Waals surface area (Å²) in [6.45, 7) is 1.43. The van der Waals surface area contributed by atoms with Crippen molar-refractivity contribution in [2.24, 2.45) is 0 Å². The van der Waals surface area contributed by atoms with Crippen LogP contribution in [0.1, 0.15) is 13.3 Å². The highest BCUT2D eigenvalue weighted by molar-refractivity contribution is 5.93. The van der Waals surface area contributed by atoms with Gasteiger partial charge in [-0.15, -0.1) is 0 Å². The van der Waals surface area contributed by atoms with Crippen molar-refractivity contribution in [2.45, 2.75) is 31.7 Å². The molecule has 0 spiro atoms. The number of hydrogen-bond donors (Lipinski definition) is 2. The Hall–Kier alpha value is -0.710.